The fraction of sp³-hybridized carbons (Fsp3) is 0.308. The molecular formula is C13H15N3OS. The fourth-order valence-corrected chi connectivity index (χ4v) is 3.15. The van der Waals surface area contributed by atoms with Crippen LogP contribution in [0.2, 0.25) is 0 Å². The average Bonchev–Trinajstić information content (AvgIpc) is 2.78. The molecule has 0 atom stereocenters. The quantitative estimate of drug-likeness (QED) is 0.857. The normalized spacial score (nSPS) is 16.4. The topological polar surface area (TPSA) is 53.1 Å². The van der Waals surface area contributed by atoms with Gasteiger partial charge in [0.05, 0.1) is 11.1 Å². The van der Waals surface area contributed by atoms with Gasteiger partial charge in [0.1, 0.15) is 11.6 Å². The minimum atomic E-state index is -0.227. The van der Waals surface area contributed by atoms with E-state index in [1.54, 1.807) is 22.6 Å². The Morgan fingerprint density at radius 2 is 2.11 bits per heavy atom. The van der Waals surface area contributed by atoms with Crippen LogP contribution in [0.4, 0.5) is 5.82 Å². The van der Waals surface area contributed by atoms with Crippen LogP contribution in [-0.4, -0.2) is 14.7 Å². The molecule has 94 valence electrons. The zero-order valence-corrected chi connectivity index (χ0v) is 11.4. The fourth-order valence-electron chi connectivity index (χ4n) is 2.10. The molecule has 0 bridgehead atoms. The molecule has 1 aliphatic rings. The second-order valence-corrected chi connectivity index (χ2v) is 6.43. The van der Waals surface area contributed by atoms with Crippen molar-refractivity contribution in [3.63, 3.8) is 0 Å². The first-order chi connectivity index (χ1) is 8.48. The Morgan fingerprint density at radius 1 is 1.33 bits per heavy atom. The summed E-state index contributed by atoms with van der Waals surface area (Å²) in [6.07, 6.45) is 1.78. The second kappa shape index (κ2) is 3.68. The minimum absolute atomic E-state index is 0.227. The maximum atomic E-state index is 6.03. The smallest absolute Gasteiger partial charge is 0.153 e. The largest absolute Gasteiger partial charge is 0.475 e. The van der Waals surface area contributed by atoms with Crippen molar-refractivity contribution in [2.75, 3.05) is 5.73 Å². The standard InChI is InChI=1S/C13H15N3OS/c1-13(2)17-11-8(5-4-6-10(11)18-13)9-7-15-16(3)12(9)14/h4-7H,14H2,1-3H3. The summed E-state index contributed by atoms with van der Waals surface area (Å²) in [5.41, 5.74) is 7.97. The number of hydrogen-bond acceptors (Lipinski definition) is 4. The molecule has 4 nitrogen and oxygen atoms in total. The third-order valence-corrected chi connectivity index (χ3v) is 4.07. The van der Waals surface area contributed by atoms with Gasteiger partial charge in [-0.2, -0.15) is 5.10 Å². The monoisotopic (exact) mass is 261 g/mol. The first-order valence-electron chi connectivity index (χ1n) is 5.77. The van der Waals surface area contributed by atoms with Crippen LogP contribution in [0.25, 0.3) is 11.1 Å². The van der Waals surface area contributed by atoms with Gasteiger partial charge in [-0.1, -0.05) is 23.9 Å². The number of benzene rings is 1. The molecule has 1 aliphatic heterocycles. The van der Waals surface area contributed by atoms with Crippen LogP contribution in [0.3, 0.4) is 0 Å². The molecule has 0 fully saturated rings. The van der Waals surface area contributed by atoms with E-state index in [2.05, 4.69) is 25.0 Å². The zero-order chi connectivity index (χ0) is 12.9. The van der Waals surface area contributed by atoms with E-state index in [-0.39, 0.29) is 4.93 Å². The third-order valence-electron chi connectivity index (χ3n) is 2.96. The van der Waals surface area contributed by atoms with E-state index in [1.165, 1.54) is 0 Å². The van der Waals surface area contributed by atoms with Gasteiger partial charge in [0.15, 0.2) is 4.93 Å². The van der Waals surface area contributed by atoms with Gasteiger partial charge in [-0.05, 0) is 19.9 Å². The molecule has 0 aliphatic carbocycles. The van der Waals surface area contributed by atoms with E-state index < -0.39 is 0 Å². The van der Waals surface area contributed by atoms with Crippen molar-refractivity contribution in [1.82, 2.24) is 9.78 Å². The average molecular weight is 261 g/mol. The predicted molar refractivity (Wildman–Crippen MR) is 73.6 cm³/mol. The van der Waals surface area contributed by atoms with Crippen molar-refractivity contribution in [2.24, 2.45) is 7.05 Å². The Morgan fingerprint density at radius 3 is 2.78 bits per heavy atom. The molecular weight excluding hydrogens is 246 g/mol. The van der Waals surface area contributed by atoms with E-state index in [4.69, 9.17) is 10.5 Å². The van der Waals surface area contributed by atoms with E-state index in [0.717, 1.165) is 21.8 Å². The number of rotatable bonds is 1. The van der Waals surface area contributed by atoms with Gasteiger partial charge >= 0.3 is 0 Å². The summed E-state index contributed by atoms with van der Waals surface area (Å²) in [5, 5.41) is 4.18. The van der Waals surface area contributed by atoms with Crippen LogP contribution in [0.5, 0.6) is 5.75 Å². The van der Waals surface area contributed by atoms with Crippen molar-refractivity contribution in [3.05, 3.63) is 24.4 Å². The summed E-state index contributed by atoms with van der Waals surface area (Å²) in [6, 6.07) is 6.12. The van der Waals surface area contributed by atoms with Crippen LogP contribution >= 0.6 is 11.8 Å². The highest BCUT2D eigenvalue weighted by Gasteiger charge is 2.33. The van der Waals surface area contributed by atoms with Crippen molar-refractivity contribution >= 4 is 17.6 Å². The summed E-state index contributed by atoms with van der Waals surface area (Å²) in [5.74, 6) is 1.56. The van der Waals surface area contributed by atoms with Crippen LogP contribution < -0.4 is 10.5 Å². The molecule has 0 radical (unpaired) electrons. The molecule has 5 heteroatoms. The Kier molecular flexibility index (Phi) is 2.35. The SMILES string of the molecule is Cn1ncc(-c2cccc3c2OC(C)(C)S3)c1N. The summed E-state index contributed by atoms with van der Waals surface area (Å²) in [4.78, 5) is 0.927. The van der Waals surface area contributed by atoms with E-state index in [0.29, 0.717) is 5.82 Å². The number of fused-ring (bicyclic) bond motifs is 1. The van der Waals surface area contributed by atoms with Crippen LogP contribution in [-0.2, 0) is 7.05 Å². The van der Waals surface area contributed by atoms with Gasteiger partial charge < -0.3 is 10.5 Å². The van der Waals surface area contributed by atoms with Gasteiger partial charge in [0.2, 0.25) is 0 Å². The van der Waals surface area contributed by atoms with E-state index >= 15 is 0 Å². The van der Waals surface area contributed by atoms with Crippen molar-refractivity contribution < 1.29 is 4.74 Å². The minimum Gasteiger partial charge on any atom is -0.475 e. The molecule has 0 saturated carbocycles. The molecule has 2 aromatic rings. The molecule has 2 heterocycles. The summed E-state index contributed by atoms with van der Waals surface area (Å²) in [6.45, 7) is 4.13. The lowest BCUT2D eigenvalue weighted by Crippen LogP contribution is -2.18. The number of para-hydroxylation sites is 1. The van der Waals surface area contributed by atoms with Gasteiger partial charge in [0.25, 0.3) is 0 Å². The first-order valence-corrected chi connectivity index (χ1v) is 6.58. The number of nitrogen functional groups attached to an aromatic ring is 1. The molecule has 0 unspecified atom stereocenters. The van der Waals surface area contributed by atoms with E-state index in [1.807, 2.05) is 19.2 Å². The van der Waals surface area contributed by atoms with Gasteiger partial charge in [0, 0.05) is 18.2 Å². The number of thioether (sulfide) groups is 1. The second-order valence-electron chi connectivity index (χ2n) is 4.80. The number of ether oxygens (including phenoxy) is 1. The van der Waals surface area contributed by atoms with Gasteiger partial charge in [-0.15, -0.1) is 0 Å². The lowest BCUT2D eigenvalue weighted by atomic mass is 10.1. The highest BCUT2D eigenvalue weighted by molar-refractivity contribution is 8.00. The van der Waals surface area contributed by atoms with Crippen molar-refractivity contribution in [1.29, 1.82) is 0 Å². The van der Waals surface area contributed by atoms with E-state index in [9.17, 15) is 0 Å². The predicted octanol–water partition coefficient (Wildman–Crippen LogP) is 2.89. The van der Waals surface area contributed by atoms with Crippen LogP contribution in [0.15, 0.2) is 29.3 Å². The molecule has 3 rings (SSSR count). The summed E-state index contributed by atoms with van der Waals surface area (Å²) in [7, 11) is 1.83. The summed E-state index contributed by atoms with van der Waals surface area (Å²) < 4.78 is 7.68. The summed E-state index contributed by atoms with van der Waals surface area (Å²) >= 11 is 1.72. The number of hydrogen-bond donors (Lipinski definition) is 1. The van der Waals surface area contributed by atoms with Gasteiger partial charge in [-0.25, -0.2) is 0 Å². The maximum Gasteiger partial charge on any atom is 0.153 e. The Labute approximate surface area is 110 Å². The van der Waals surface area contributed by atoms with Crippen LogP contribution in [0.1, 0.15) is 13.8 Å². The highest BCUT2D eigenvalue weighted by atomic mass is 32.2. The van der Waals surface area contributed by atoms with Crippen molar-refractivity contribution in [2.45, 2.75) is 23.7 Å². The highest BCUT2D eigenvalue weighted by Crippen LogP contribution is 2.51. The first kappa shape index (κ1) is 11.5. The molecule has 2 N–H and O–H groups in total. The van der Waals surface area contributed by atoms with Crippen LogP contribution in [0, 0.1) is 0 Å². The molecule has 0 spiro atoms. The zero-order valence-electron chi connectivity index (χ0n) is 10.6. The Balaban J connectivity index is 2.17. The molecule has 18 heavy (non-hydrogen) atoms. The third kappa shape index (κ3) is 1.66. The number of aromatic nitrogens is 2. The number of aryl methyl sites for hydroxylation is 1. The van der Waals surface area contributed by atoms with Gasteiger partial charge in [-0.3, -0.25) is 4.68 Å². The Bertz CT molecular complexity index is 619. The number of nitrogens with zero attached hydrogens (tertiary/aromatic N) is 2. The van der Waals surface area contributed by atoms with Crippen molar-refractivity contribution in [3.8, 4) is 16.9 Å². The Hall–Kier alpha value is -1.62. The molecule has 1 aromatic carbocycles. The molecule has 0 saturated heterocycles. The molecule has 1 aromatic heterocycles. The maximum absolute atomic E-state index is 6.03. The molecule has 0 amide bonds. The number of anilines is 1. The lowest BCUT2D eigenvalue weighted by Gasteiger charge is -2.16. The lowest BCUT2D eigenvalue weighted by molar-refractivity contribution is 0.216. The number of nitrogens with two attached hydrogens (primary N) is 1.